The highest BCUT2D eigenvalue weighted by Gasteiger charge is 2.39. The Kier molecular flexibility index (Phi) is 4.35. The van der Waals surface area contributed by atoms with Crippen molar-refractivity contribution >= 4 is 15.7 Å². The van der Waals surface area contributed by atoms with E-state index in [4.69, 9.17) is 5.73 Å². The van der Waals surface area contributed by atoms with Gasteiger partial charge < -0.3 is 11.1 Å². The molecule has 1 fully saturated rings. The molecular weight excluding hydrogens is 288 g/mol. The molecule has 6 heteroatoms. The Balaban J connectivity index is 2.14. The SMILES string of the molecule is CC1(NC(=O)c2cccc(C#CCN)c2)CCS(=O)(=O)C1. The van der Waals surface area contributed by atoms with E-state index < -0.39 is 15.4 Å². The number of nitrogens with two attached hydrogens (primary N) is 1. The second kappa shape index (κ2) is 5.88. The first-order chi connectivity index (χ1) is 9.84. The third-order valence-electron chi connectivity index (χ3n) is 3.38. The highest BCUT2D eigenvalue weighted by atomic mass is 32.2. The second-order valence-corrected chi connectivity index (χ2v) is 7.63. The van der Waals surface area contributed by atoms with Crippen molar-refractivity contribution in [3.8, 4) is 11.8 Å². The predicted octanol–water partition coefficient (Wildman–Crippen LogP) is 0.304. The van der Waals surface area contributed by atoms with E-state index in [1.54, 1.807) is 31.2 Å². The Labute approximate surface area is 124 Å². The van der Waals surface area contributed by atoms with Gasteiger partial charge in [-0.15, -0.1) is 0 Å². The zero-order chi connectivity index (χ0) is 15.5. The molecule has 1 atom stereocenters. The van der Waals surface area contributed by atoms with Crippen LogP contribution in [0.4, 0.5) is 0 Å². The Hall–Kier alpha value is -1.84. The van der Waals surface area contributed by atoms with Gasteiger partial charge in [-0.05, 0) is 31.5 Å². The van der Waals surface area contributed by atoms with Gasteiger partial charge >= 0.3 is 0 Å². The first kappa shape index (κ1) is 15.5. The van der Waals surface area contributed by atoms with Crippen LogP contribution in [0.5, 0.6) is 0 Å². The highest BCUT2D eigenvalue weighted by molar-refractivity contribution is 7.91. The van der Waals surface area contributed by atoms with Gasteiger partial charge in [-0.1, -0.05) is 17.9 Å². The van der Waals surface area contributed by atoms with Crippen LogP contribution < -0.4 is 11.1 Å². The van der Waals surface area contributed by atoms with Crippen molar-refractivity contribution in [2.24, 2.45) is 5.73 Å². The van der Waals surface area contributed by atoms with E-state index in [2.05, 4.69) is 17.2 Å². The molecule has 2 rings (SSSR count). The molecule has 1 heterocycles. The van der Waals surface area contributed by atoms with Gasteiger partial charge in [0, 0.05) is 11.1 Å². The maximum absolute atomic E-state index is 12.3. The number of amides is 1. The lowest BCUT2D eigenvalue weighted by Gasteiger charge is -2.23. The van der Waals surface area contributed by atoms with Crippen LogP contribution in [0, 0.1) is 11.8 Å². The molecule has 1 aliphatic rings. The number of hydrogen-bond donors (Lipinski definition) is 2. The maximum atomic E-state index is 12.3. The summed E-state index contributed by atoms with van der Waals surface area (Å²) in [6.07, 6.45) is 0.438. The largest absolute Gasteiger partial charge is 0.346 e. The molecule has 112 valence electrons. The summed E-state index contributed by atoms with van der Waals surface area (Å²) in [6, 6.07) is 6.88. The smallest absolute Gasteiger partial charge is 0.251 e. The van der Waals surface area contributed by atoms with Gasteiger partial charge in [0.15, 0.2) is 9.84 Å². The molecule has 21 heavy (non-hydrogen) atoms. The Morgan fingerprint density at radius 2 is 2.24 bits per heavy atom. The first-order valence-electron chi connectivity index (χ1n) is 6.66. The number of rotatable bonds is 2. The molecule has 1 saturated heterocycles. The molecule has 0 spiro atoms. The van der Waals surface area contributed by atoms with Crippen LogP contribution in [0.2, 0.25) is 0 Å². The van der Waals surface area contributed by atoms with Crippen molar-refractivity contribution in [3.05, 3.63) is 35.4 Å². The zero-order valence-electron chi connectivity index (χ0n) is 11.8. The van der Waals surface area contributed by atoms with Crippen LogP contribution in [0.3, 0.4) is 0 Å². The lowest BCUT2D eigenvalue weighted by molar-refractivity contribution is 0.0915. The van der Waals surface area contributed by atoms with Crippen LogP contribution in [-0.2, 0) is 9.84 Å². The van der Waals surface area contributed by atoms with Gasteiger partial charge in [-0.2, -0.15) is 0 Å². The number of hydrogen-bond acceptors (Lipinski definition) is 4. The summed E-state index contributed by atoms with van der Waals surface area (Å²) in [7, 11) is -3.05. The van der Waals surface area contributed by atoms with Crippen molar-refractivity contribution < 1.29 is 13.2 Å². The predicted molar refractivity (Wildman–Crippen MR) is 81.5 cm³/mol. The minimum atomic E-state index is -3.05. The number of carbonyl (C=O) groups is 1. The summed E-state index contributed by atoms with van der Waals surface area (Å²) in [6.45, 7) is 2.01. The lowest BCUT2D eigenvalue weighted by atomic mass is 10.0. The van der Waals surface area contributed by atoms with E-state index in [1.165, 1.54) is 0 Å². The van der Waals surface area contributed by atoms with Gasteiger partial charge in [0.1, 0.15) is 0 Å². The fraction of sp³-hybridized carbons (Fsp3) is 0.400. The molecule has 1 unspecified atom stereocenters. The van der Waals surface area contributed by atoms with E-state index >= 15 is 0 Å². The van der Waals surface area contributed by atoms with Gasteiger partial charge in [-0.25, -0.2) is 8.42 Å². The van der Waals surface area contributed by atoms with Gasteiger partial charge in [0.25, 0.3) is 5.91 Å². The third kappa shape index (κ3) is 4.06. The molecule has 5 nitrogen and oxygen atoms in total. The molecule has 0 aliphatic carbocycles. The summed E-state index contributed by atoms with van der Waals surface area (Å²) in [4.78, 5) is 12.3. The van der Waals surface area contributed by atoms with Gasteiger partial charge in [0.05, 0.1) is 23.6 Å². The maximum Gasteiger partial charge on any atom is 0.251 e. The Morgan fingerprint density at radius 1 is 1.48 bits per heavy atom. The fourth-order valence-corrected chi connectivity index (χ4v) is 4.44. The molecule has 3 N–H and O–H groups in total. The molecule has 1 aromatic rings. The average Bonchev–Trinajstić information content (AvgIpc) is 2.70. The first-order valence-corrected chi connectivity index (χ1v) is 8.48. The molecule has 1 aromatic carbocycles. The van der Waals surface area contributed by atoms with Crippen molar-refractivity contribution in [2.75, 3.05) is 18.1 Å². The fourth-order valence-electron chi connectivity index (χ4n) is 2.35. The quantitative estimate of drug-likeness (QED) is 0.769. The van der Waals surface area contributed by atoms with Crippen LogP contribution in [0.15, 0.2) is 24.3 Å². The standard InChI is InChI=1S/C15H18N2O3S/c1-15(7-9-21(19,20)11-15)17-14(18)13-6-2-4-12(10-13)5-3-8-16/h2,4,6,10H,7-9,11,16H2,1H3,(H,17,18). The van der Waals surface area contributed by atoms with E-state index in [9.17, 15) is 13.2 Å². The van der Waals surface area contributed by atoms with E-state index in [1.807, 2.05) is 0 Å². The molecular formula is C15H18N2O3S. The molecule has 0 radical (unpaired) electrons. The molecule has 0 saturated carbocycles. The van der Waals surface area contributed by atoms with Crippen LogP contribution in [0.25, 0.3) is 0 Å². The second-order valence-electron chi connectivity index (χ2n) is 5.44. The Bertz CT molecular complexity index is 716. The summed E-state index contributed by atoms with van der Waals surface area (Å²) < 4.78 is 23.1. The van der Waals surface area contributed by atoms with E-state index in [0.29, 0.717) is 17.5 Å². The van der Waals surface area contributed by atoms with Crippen molar-refractivity contribution in [1.82, 2.24) is 5.32 Å². The summed E-state index contributed by atoms with van der Waals surface area (Å²) >= 11 is 0. The average molecular weight is 306 g/mol. The number of carbonyl (C=O) groups excluding carboxylic acids is 1. The van der Waals surface area contributed by atoms with Crippen molar-refractivity contribution in [2.45, 2.75) is 18.9 Å². The van der Waals surface area contributed by atoms with Crippen LogP contribution in [-0.4, -0.2) is 37.9 Å². The summed E-state index contributed by atoms with van der Waals surface area (Å²) in [5, 5.41) is 2.82. The molecule has 1 aliphatic heterocycles. The highest BCUT2D eigenvalue weighted by Crippen LogP contribution is 2.23. The zero-order valence-corrected chi connectivity index (χ0v) is 12.7. The third-order valence-corrected chi connectivity index (χ3v) is 5.28. The van der Waals surface area contributed by atoms with Crippen molar-refractivity contribution in [1.29, 1.82) is 0 Å². The topological polar surface area (TPSA) is 89.3 Å². The summed E-state index contributed by atoms with van der Waals surface area (Å²) in [5.74, 6) is 5.41. The number of sulfone groups is 1. The van der Waals surface area contributed by atoms with Gasteiger partial charge in [-0.3, -0.25) is 4.79 Å². The monoisotopic (exact) mass is 306 g/mol. The van der Waals surface area contributed by atoms with E-state index in [-0.39, 0.29) is 24.0 Å². The van der Waals surface area contributed by atoms with Crippen molar-refractivity contribution in [3.63, 3.8) is 0 Å². The Morgan fingerprint density at radius 3 is 2.86 bits per heavy atom. The van der Waals surface area contributed by atoms with Crippen LogP contribution in [0.1, 0.15) is 29.3 Å². The minimum absolute atomic E-state index is 0.0155. The summed E-state index contributed by atoms with van der Waals surface area (Å²) in [5.41, 5.74) is 5.78. The molecule has 0 bridgehead atoms. The van der Waals surface area contributed by atoms with E-state index in [0.717, 1.165) is 0 Å². The minimum Gasteiger partial charge on any atom is -0.346 e. The normalized spacial score (nSPS) is 23.1. The number of benzene rings is 1. The van der Waals surface area contributed by atoms with Crippen LogP contribution >= 0.6 is 0 Å². The number of nitrogens with one attached hydrogen (secondary N) is 1. The van der Waals surface area contributed by atoms with Gasteiger partial charge in [0.2, 0.25) is 0 Å². The molecule has 0 aromatic heterocycles. The molecule has 1 amide bonds. The lowest BCUT2D eigenvalue weighted by Crippen LogP contribution is -2.46.